The third-order valence-electron chi connectivity index (χ3n) is 2.45. The van der Waals surface area contributed by atoms with E-state index < -0.39 is 15.8 Å². The normalized spacial score (nSPS) is 10.9. The van der Waals surface area contributed by atoms with Gasteiger partial charge in [0.1, 0.15) is 0 Å². The van der Waals surface area contributed by atoms with Crippen molar-refractivity contribution in [3.05, 3.63) is 24.0 Å². The van der Waals surface area contributed by atoms with Crippen LogP contribution in [-0.2, 0) is 10.0 Å². The summed E-state index contributed by atoms with van der Waals surface area (Å²) in [7, 11) is -2.36. The van der Waals surface area contributed by atoms with Gasteiger partial charge in [0.05, 0.1) is 12.0 Å². The minimum Gasteiger partial charge on any atom is -0.494 e. The first-order valence-electron chi connectivity index (χ1n) is 6.05. The molecule has 1 aromatic carbocycles. The number of nitrogens with one attached hydrogen (secondary N) is 2. The van der Waals surface area contributed by atoms with Crippen molar-refractivity contribution in [3.63, 3.8) is 0 Å². The first-order chi connectivity index (χ1) is 9.01. The molecule has 0 amide bonds. The zero-order chi connectivity index (χ0) is 14.3. The summed E-state index contributed by atoms with van der Waals surface area (Å²) in [5.41, 5.74) is 0. The van der Waals surface area contributed by atoms with Crippen molar-refractivity contribution in [2.24, 2.45) is 0 Å². The third-order valence-corrected chi connectivity index (χ3v) is 3.91. The third kappa shape index (κ3) is 5.62. The Morgan fingerprint density at radius 3 is 2.50 bits per heavy atom. The Morgan fingerprint density at radius 1 is 1.25 bits per heavy atom. The van der Waals surface area contributed by atoms with E-state index in [1.54, 1.807) is 0 Å². The average Bonchev–Trinajstić information content (AvgIpc) is 2.38. The number of ether oxygens (including phenoxy) is 1. The number of rotatable bonds is 8. The summed E-state index contributed by atoms with van der Waals surface area (Å²) in [4.78, 5) is -0.110. The Hall–Kier alpha value is -0.890. The molecule has 0 heterocycles. The molecule has 5 nitrogen and oxygen atoms in total. The van der Waals surface area contributed by atoms with Gasteiger partial charge in [-0.3, -0.25) is 0 Å². The molecule has 0 aliphatic rings. The predicted molar refractivity (Wildman–Crippen MR) is 78.5 cm³/mol. The number of methoxy groups -OCH3 is 1. The standard InChI is InChI=1S/C12H19FN2O3S.ClH/c1-3-6-14-7-8-15-19(16,17)10-4-5-12(18-2)11(13)9-10;/h4-5,9,14-15H,3,6-8H2,1-2H3;1H. The second-order valence-corrected chi connectivity index (χ2v) is 5.71. The number of hydrogen-bond acceptors (Lipinski definition) is 4. The van der Waals surface area contributed by atoms with Crippen molar-refractivity contribution < 1.29 is 17.5 Å². The van der Waals surface area contributed by atoms with Crippen molar-refractivity contribution in [1.82, 2.24) is 10.0 Å². The maximum absolute atomic E-state index is 13.4. The second-order valence-electron chi connectivity index (χ2n) is 3.94. The lowest BCUT2D eigenvalue weighted by Gasteiger charge is -2.08. The van der Waals surface area contributed by atoms with Gasteiger partial charge in [0, 0.05) is 13.1 Å². The van der Waals surface area contributed by atoms with Gasteiger partial charge in [0.25, 0.3) is 0 Å². The molecule has 0 saturated heterocycles. The Balaban J connectivity index is 0.00000361. The van der Waals surface area contributed by atoms with Gasteiger partial charge in [-0.1, -0.05) is 6.92 Å². The molecule has 0 aliphatic carbocycles. The monoisotopic (exact) mass is 326 g/mol. The summed E-state index contributed by atoms with van der Waals surface area (Å²) in [6.45, 7) is 3.65. The summed E-state index contributed by atoms with van der Waals surface area (Å²) in [6, 6.07) is 3.55. The SMILES string of the molecule is CCCNCCNS(=O)(=O)c1ccc(OC)c(F)c1.Cl. The Bertz CT molecular complexity index is 511. The minimum absolute atomic E-state index is 0. The lowest BCUT2D eigenvalue weighted by Crippen LogP contribution is -2.32. The van der Waals surface area contributed by atoms with E-state index >= 15 is 0 Å². The molecule has 0 spiro atoms. The highest BCUT2D eigenvalue weighted by molar-refractivity contribution is 7.89. The molecule has 8 heteroatoms. The maximum atomic E-state index is 13.4. The largest absolute Gasteiger partial charge is 0.494 e. The first-order valence-corrected chi connectivity index (χ1v) is 7.53. The molecule has 0 atom stereocenters. The Morgan fingerprint density at radius 2 is 1.95 bits per heavy atom. The summed E-state index contributed by atoms with van der Waals surface area (Å²) in [5.74, 6) is -0.682. The van der Waals surface area contributed by atoms with Crippen molar-refractivity contribution >= 4 is 22.4 Å². The number of halogens is 2. The van der Waals surface area contributed by atoms with Gasteiger partial charge in [-0.2, -0.15) is 0 Å². The van der Waals surface area contributed by atoms with Crippen molar-refractivity contribution in [1.29, 1.82) is 0 Å². The fraction of sp³-hybridized carbons (Fsp3) is 0.500. The predicted octanol–water partition coefficient (Wildman–Crippen LogP) is 1.53. The van der Waals surface area contributed by atoms with Gasteiger partial charge in [-0.25, -0.2) is 17.5 Å². The fourth-order valence-electron chi connectivity index (χ4n) is 1.47. The molecule has 20 heavy (non-hydrogen) atoms. The molecule has 0 aromatic heterocycles. The molecular formula is C12H20ClFN2O3S. The number of benzene rings is 1. The summed E-state index contributed by atoms with van der Waals surface area (Å²) >= 11 is 0. The van der Waals surface area contributed by atoms with E-state index in [4.69, 9.17) is 4.74 Å². The van der Waals surface area contributed by atoms with Crippen LogP contribution in [0.5, 0.6) is 5.75 Å². The van der Waals surface area contributed by atoms with Gasteiger partial charge in [0.2, 0.25) is 10.0 Å². The van der Waals surface area contributed by atoms with Crippen LogP contribution in [0.25, 0.3) is 0 Å². The van der Waals surface area contributed by atoms with E-state index in [1.807, 2.05) is 6.92 Å². The van der Waals surface area contributed by atoms with Gasteiger partial charge < -0.3 is 10.1 Å². The van der Waals surface area contributed by atoms with Gasteiger partial charge in [-0.15, -0.1) is 12.4 Å². The fourth-order valence-corrected chi connectivity index (χ4v) is 2.52. The topological polar surface area (TPSA) is 67.4 Å². The smallest absolute Gasteiger partial charge is 0.240 e. The Labute approximate surface area is 125 Å². The highest BCUT2D eigenvalue weighted by Crippen LogP contribution is 2.20. The van der Waals surface area contributed by atoms with E-state index in [1.165, 1.54) is 19.2 Å². The van der Waals surface area contributed by atoms with Gasteiger partial charge in [-0.05, 0) is 31.2 Å². The minimum atomic E-state index is -3.68. The highest BCUT2D eigenvalue weighted by atomic mass is 35.5. The summed E-state index contributed by atoms with van der Waals surface area (Å²) < 4.78 is 44.3. The molecule has 1 rings (SSSR count). The summed E-state index contributed by atoms with van der Waals surface area (Å²) in [5, 5.41) is 3.07. The molecule has 0 fully saturated rings. The van der Waals surface area contributed by atoms with Crippen LogP contribution >= 0.6 is 12.4 Å². The van der Waals surface area contributed by atoms with Crippen LogP contribution in [0.2, 0.25) is 0 Å². The number of sulfonamides is 1. The van der Waals surface area contributed by atoms with E-state index in [2.05, 4.69) is 10.0 Å². The van der Waals surface area contributed by atoms with Crippen molar-refractivity contribution in [2.45, 2.75) is 18.2 Å². The molecule has 0 radical (unpaired) electrons. The highest BCUT2D eigenvalue weighted by Gasteiger charge is 2.15. The molecule has 116 valence electrons. The van der Waals surface area contributed by atoms with E-state index in [-0.39, 0.29) is 29.6 Å². The lowest BCUT2D eigenvalue weighted by atomic mass is 10.3. The molecule has 0 bridgehead atoms. The van der Waals surface area contributed by atoms with E-state index in [0.29, 0.717) is 6.54 Å². The second kappa shape index (κ2) is 9.12. The first kappa shape index (κ1) is 19.1. The zero-order valence-electron chi connectivity index (χ0n) is 11.5. The van der Waals surface area contributed by atoms with Gasteiger partial charge >= 0.3 is 0 Å². The quantitative estimate of drug-likeness (QED) is 0.711. The molecule has 1 aromatic rings. The van der Waals surface area contributed by atoms with E-state index in [9.17, 15) is 12.8 Å². The molecule has 0 saturated carbocycles. The van der Waals surface area contributed by atoms with Crippen LogP contribution in [0.4, 0.5) is 4.39 Å². The molecule has 0 unspecified atom stereocenters. The van der Waals surface area contributed by atoms with Gasteiger partial charge in [0.15, 0.2) is 11.6 Å². The summed E-state index contributed by atoms with van der Waals surface area (Å²) in [6.07, 6.45) is 0.983. The van der Waals surface area contributed by atoms with E-state index in [0.717, 1.165) is 19.0 Å². The lowest BCUT2D eigenvalue weighted by molar-refractivity contribution is 0.385. The Kier molecular flexibility index (Phi) is 8.71. The average molecular weight is 327 g/mol. The molecular weight excluding hydrogens is 307 g/mol. The molecule has 0 aliphatic heterocycles. The van der Waals surface area contributed by atoms with Crippen LogP contribution in [0.1, 0.15) is 13.3 Å². The van der Waals surface area contributed by atoms with Crippen LogP contribution in [0.15, 0.2) is 23.1 Å². The van der Waals surface area contributed by atoms with Crippen LogP contribution in [0.3, 0.4) is 0 Å². The number of hydrogen-bond donors (Lipinski definition) is 2. The van der Waals surface area contributed by atoms with Crippen LogP contribution in [-0.4, -0.2) is 35.2 Å². The van der Waals surface area contributed by atoms with Crippen molar-refractivity contribution in [3.8, 4) is 5.75 Å². The van der Waals surface area contributed by atoms with Crippen LogP contribution < -0.4 is 14.8 Å². The van der Waals surface area contributed by atoms with Crippen LogP contribution in [0, 0.1) is 5.82 Å². The maximum Gasteiger partial charge on any atom is 0.240 e. The van der Waals surface area contributed by atoms with Crippen molar-refractivity contribution in [2.75, 3.05) is 26.7 Å². The molecule has 2 N–H and O–H groups in total. The zero-order valence-corrected chi connectivity index (χ0v) is 13.1.